The third-order valence-electron chi connectivity index (χ3n) is 6.48. The first-order valence-corrected chi connectivity index (χ1v) is 13.3. The van der Waals surface area contributed by atoms with Crippen LogP contribution in [0.15, 0.2) is 103 Å². The van der Waals surface area contributed by atoms with Crippen LogP contribution in [-0.4, -0.2) is 34.2 Å². The minimum atomic E-state index is -0.624. The van der Waals surface area contributed by atoms with Crippen molar-refractivity contribution in [1.29, 1.82) is 0 Å². The number of carbonyl (C=O) groups excluding carboxylic acids is 2. The number of halogens is 1. The van der Waals surface area contributed by atoms with E-state index >= 15 is 0 Å². The number of ether oxygens (including phenoxy) is 1. The van der Waals surface area contributed by atoms with E-state index in [4.69, 9.17) is 4.74 Å². The number of carbonyl (C=O) groups is 2. The second-order valence-electron chi connectivity index (χ2n) is 9.09. The van der Waals surface area contributed by atoms with Crippen LogP contribution in [0.5, 0.6) is 11.5 Å². The molecule has 6 nitrogen and oxygen atoms in total. The summed E-state index contributed by atoms with van der Waals surface area (Å²) in [5, 5.41) is 11.5. The number of aromatic nitrogens is 1. The Kier molecular flexibility index (Phi) is 9.43. The van der Waals surface area contributed by atoms with Gasteiger partial charge in [-0.05, 0) is 41.0 Å². The first kappa shape index (κ1) is 29.0. The van der Waals surface area contributed by atoms with Crippen molar-refractivity contribution >= 4 is 23.1 Å². The van der Waals surface area contributed by atoms with Gasteiger partial charge in [-0.25, -0.2) is 4.39 Å². The molecule has 5 aromatic rings. The van der Waals surface area contributed by atoms with Gasteiger partial charge in [-0.2, -0.15) is 0 Å². The summed E-state index contributed by atoms with van der Waals surface area (Å²) in [6.45, 7) is 4.13. The molecule has 5 rings (SSSR count). The summed E-state index contributed by atoms with van der Waals surface area (Å²) in [6.07, 6.45) is 1.42. The van der Waals surface area contributed by atoms with E-state index in [1.54, 1.807) is 31.3 Å². The average Bonchev–Trinajstić information content (AvgIpc) is 3.03. The number of rotatable bonds is 8. The van der Waals surface area contributed by atoms with Gasteiger partial charge in [-0.15, -0.1) is 0 Å². The number of amides is 1. The van der Waals surface area contributed by atoms with Crippen LogP contribution in [0, 0.1) is 5.82 Å². The second kappa shape index (κ2) is 13.3. The lowest BCUT2D eigenvalue weighted by molar-refractivity contribution is 0.0778. The largest absolute Gasteiger partial charge is 0.506 e. The van der Waals surface area contributed by atoms with Gasteiger partial charge in [-0.3, -0.25) is 14.6 Å². The van der Waals surface area contributed by atoms with Crippen LogP contribution < -0.4 is 4.74 Å². The fraction of sp³-hybridized carbons (Fsp3) is 0.147. The fourth-order valence-electron chi connectivity index (χ4n) is 4.56. The molecule has 0 atom stereocenters. The number of hydrogen-bond donors (Lipinski definition) is 1. The van der Waals surface area contributed by atoms with Crippen molar-refractivity contribution in [3.8, 4) is 11.5 Å². The van der Waals surface area contributed by atoms with Gasteiger partial charge in [-0.1, -0.05) is 86.6 Å². The maximum atomic E-state index is 13.7. The van der Waals surface area contributed by atoms with E-state index in [2.05, 4.69) is 4.98 Å². The molecule has 0 unspecified atom stereocenters. The van der Waals surface area contributed by atoms with Crippen molar-refractivity contribution in [2.24, 2.45) is 0 Å². The molecular weight excluding hydrogens is 519 g/mol. The van der Waals surface area contributed by atoms with Gasteiger partial charge in [0.2, 0.25) is 0 Å². The van der Waals surface area contributed by atoms with Crippen LogP contribution in [0.4, 0.5) is 4.39 Å². The highest BCUT2D eigenvalue weighted by molar-refractivity contribution is 6.12. The molecule has 0 saturated carbocycles. The molecule has 1 amide bonds. The summed E-state index contributed by atoms with van der Waals surface area (Å²) in [6, 6.07) is 28.0. The molecule has 1 aromatic heterocycles. The van der Waals surface area contributed by atoms with Gasteiger partial charge in [0.1, 0.15) is 23.2 Å². The zero-order valence-corrected chi connectivity index (χ0v) is 23.1. The lowest BCUT2D eigenvalue weighted by Gasteiger charge is -2.25. The third kappa shape index (κ3) is 6.25. The fourth-order valence-corrected chi connectivity index (χ4v) is 4.56. The van der Waals surface area contributed by atoms with Crippen LogP contribution in [-0.2, 0) is 6.54 Å². The van der Waals surface area contributed by atoms with Gasteiger partial charge in [0, 0.05) is 25.2 Å². The number of aldehydes is 1. The minimum absolute atomic E-state index is 0.0923. The molecule has 1 N–H and O–H groups in total. The van der Waals surface area contributed by atoms with E-state index in [1.165, 1.54) is 23.2 Å². The van der Waals surface area contributed by atoms with E-state index < -0.39 is 12.0 Å². The highest BCUT2D eigenvalue weighted by atomic mass is 19.1. The summed E-state index contributed by atoms with van der Waals surface area (Å²) < 4.78 is 19.9. The van der Waals surface area contributed by atoms with Gasteiger partial charge < -0.3 is 14.7 Å². The second-order valence-corrected chi connectivity index (χ2v) is 9.09. The summed E-state index contributed by atoms with van der Waals surface area (Å²) in [5.74, 6) is -1.25. The smallest absolute Gasteiger partial charge is 0.258 e. The molecule has 0 fully saturated rings. The van der Waals surface area contributed by atoms with Crippen molar-refractivity contribution < 1.29 is 23.8 Å². The van der Waals surface area contributed by atoms with E-state index in [9.17, 15) is 19.1 Å². The Labute approximate surface area is 238 Å². The number of aromatic hydroxyl groups is 1. The maximum Gasteiger partial charge on any atom is 0.258 e. The molecule has 0 saturated heterocycles. The molecule has 1 heterocycles. The highest BCUT2D eigenvalue weighted by Crippen LogP contribution is 2.42. The Morgan fingerprint density at radius 2 is 1.51 bits per heavy atom. The number of benzene rings is 4. The topological polar surface area (TPSA) is 79.7 Å². The van der Waals surface area contributed by atoms with Crippen LogP contribution >= 0.6 is 0 Å². The summed E-state index contributed by atoms with van der Waals surface area (Å²) >= 11 is 0. The maximum absolute atomic E-state index is 13.7. The number of fused-ring (bicyclic) bond motifs is 1. The van der Waals surface area contributed by atoms with Gasteiger partial charge in [0.25, 0.3) is 5.91 Å². The molecule has 7 heteroatoms. The number of hydrogen-bond acceptors (Lipinski definition) is 5. The lowest BCUT2D eigenvalue weighted by atomic mass is 9.98. The molecule has 4 aromatic carbocycles. The molecule has 0 spiro atoms. The summed E-state index contributed by atoms with van der Waals surface area (Å²) in [5.41, 5.74) is 2.31. The SMILES string of the molecule is CC.CN(Cc1ccc(F)cc1)C(=O)c1c(C=O)c(OC(c2ccccc2)c2ccccc2)c2ncccc2c1O. The molecule has 0 aliphatic rings. The Morgan fingerprint density at radius 3 is 2.07 bits per heavy atom. The first-order valence-electron chi connectivity index (χ1n) is 13.3. The highest BCUT2D eigenvalue weighted by Gasteiger charge is 2.29. The van der Waals surface area contributed by atoms with Crippen LogP contribution in [0.1, 0.15) is 57.4 Å². The Bertz CT molecular complexity index is 1590. The first-order chi connectivity index (χ1) is 20.0. The Balaban J connectivity index is 0.00000189. The van der Waals surface area contributed by atoms with E-state index in [1.807, 2.05) is 74.5 Å². The molecule has 208 valence electrons. The molecule has 0 aliphatic carbocycles. The van der Waals surface area contributed by atoms with E-state index in [-0.39, 0.29) is 45.9 Å². The number of pyridine rings is 1. The monoisotopic (exact) mass is 550 g/mol. The van der Waals surface area contributed by atoms with Gasteiger partial charge in [0.15, 0.2) is 12.0 Å². The number of phenols is 1. The van der Waals surface area contributed by atoms with Crippen molar-refractivity contribution in [3.05, 3.63) is 137 Å². The van der Waals surface area contributed by atoms with Crippen LogP contribution in [0.3, 0.4) is 0 Å². The quantitative estimate of drug-likeness (QED) is 0.204. The Morgan fingerprint density at radius 1 is 0.927 bits per heavy atom. The standard InChI is InChI=1S/C32H25FN2O4.C2H6/c1-35(19-21-14-16-24(33)17-15-21)32(38)27-26(20-36)31(28-25(29(27)37)13-8-18-34-28)39-30(22-9-4-2-5-10-22)23-11-6-3-7-12-23;1-2/h2-18,20,30,37H,19H2,1H3;1-2H3. The zero-order valence-electron chi connectivity index (χ0n) is 23.1. The van der Waals surface area contributed by atoms with Crippen molar-refractivity contribution in [2.45, 2.75) is 26.5 Å². The van der Waals surface area contributed by atoms with Crippen LogP contribution in [0.25, 0.3) is 10.9 Å². The molecule has 0 bridgehead atoms. The molecule has 41 heavy (non-hydrogen) atoms. The van der Waals surface area contributed by atoms with E-state index in [0.717, 1.165) is 11.1 Å². The number of nitrogens with zero attached hydrogens (tertiary/aromatic N) is 2. The van der Waals surface area contributed by atoms with E-state index in [0.29, 0.717) is 11.8 Å². The minimum Gasteiger partial charge on any atom is -0.506 e. The predicted molar refractivity (Wildman–Crippen MR) is 158 cm³/mol. The van der Waals surface area contributed by atoms with Gasteiger partial charge >= 0.3 is 0 Å². The average molecular weight is 551 g/mol. The summed E-state index contributed by atoms with van der Waals surface area (Å²) in [4.78, 5) is 32.0. The van der Waals surface area contributed by atoms with Crippen molar-refractivity contribution in [2.75, 3.05) is 7.05 Å². The van der Waals surface area contributed by atoms with Crippen molar-refractivity contribution in [1.82, 2.24) is 9.88 Å². The molecular formula is C34H31FN2O4. The third-order valence-corrected chi connectivity index (χ3v) is 6.48. The normalized spacial score (nSPS) is 10.6. The van der Waals surface area contributed by atoms with Crippen LogP contribution in [0.2, 0.25) is 0 Å². The summed E-state index contributed by atoms with van der Waals surface area (Å²) in [7, 11) is 1.55. The molecule has 0 radical (unpaired) electrons. The lowest BCUT2D eigenvalue weighted by Crippen LogP contribution is -2.27. The van der Waals surface area contributed by atoms with Crippen molar-refractivity contribution in [3.63, 3.8) is 0 Å². The number of phenolic OH excluding ortho intramolecular Hbond substituents is 1. The molecule has 0 aliphatic heterocycles. The van der Waals surface area contributed by atoms with Gasteiger partial charge in [0.05, 0.1) is 11.1 Å². The zero-order chi connectivity index (χ0) is 29.4. The predicted octanol–water partition coefficient (Wildman–Crippen LogP) is 7.36. The Hall–Kier alpha value is -5.04.